The second-order valence-electron chi connectivity index (χ2n) is 6.71. The van der Waals surface area contributed by atoms with Crippen LogP contribution in [0.2, 0.25) is 0 Å². The van der Waals surface area contributed by atoms with Crippen LogP contribution in [0.3, 0.4) is 0 Å². The van der Waals surface area contributed by atoms with Crippen LogP contribution in [-0.4, -0.2) is 52.4 Å². The Labute approximate surface area is 157 Å². The largest absolute Gasteiger partial charge is 0.300 e. The van der Waals surface area contributed by atoms with Gasteiger partial charge >= 0.3 is 0 Å². The zero-order valence-corrected chi connectivity index (χ0v) is 15.0. The Morgan fingerprint density at radius 3 is 1.63 bits per heavy atom. The van der Waals surface area contributed by atoms with E-state index in [9.17, 15) is 20.2 Å². The molecule has 0 amide bonds. The van der Waals surface area contributed by atoms with Gasteiger partial charge in [-0.15, -0.1) is 0 Å². The molecule has 1 aliphatic rings. The number of hydrogen-bond donors (Lipinski definition) is 0. The Morgan fingerprint density at radius 1 is 0.704 bits per heavy atom. The van der Waals surface area contributed by atoms with Gasteiger partial charge in [0.25, 0.3) is 11.4 Å². The maximum Gasteiger partial charge on any atom is 0.269 e. The highest BCUT2D eigenvalue weighted by atomic mass is 16.6. The standard InChI is InChI=1S/C19H22N4O4/c24-22(25)18-5-1-16(2-6-18)9-10-20-11-13-21(14-12-20)15-17-3-7-19(8-4-17)23(26)27/h1-8H,9-15H2. The summed E-state index contributed by atoms with van der Waals surface area (Å²) in [5.41, 5.74) is 2.43. The molecule has 0 saturated carbocycles. The second-order valence-corrected chi connectivity index (χ2v) is 6.71. The quantitative estimate of drug-likeness (QED) is 0.550. The van der Waals surface area contributed by atoms with Gasteiger partial charge < -0.3 is 4.90 Å². The van der Waals surface area contributed by atoms with Gasteiger partial charge in [-0.1, -0.05) is 24.3 Å². The Balaban J connectivity index is 1.42. The molecular formula is C19H22N4O4. The minimum absolute atomic E-state index is 0.120. The van der Waals surface area contributed by atoms with E-state index in [0.717, 1.165) is 56.8 Å². The molecule has 1 heterocycles. The van der Waals surface area contributed by atoms with Gasteiger partial charge in [-0.3, -0.25) is 25.1 Å². The zero-order chi connectivity index (χ0) is 19.2. The molecule has 2 aromatic rings. The number of hydrogen-bond acceptors (Lipinski definition) is 6. The molecule has 2 aromatic carbocycles. The molecular weight excluding hydrogens is 348 g/mol. The van der Waals surface area contributed by atoms with Gasteiger partial charge in [0.15, 0.2) is 0 Å². The van der Waals surface area contributed by atoms with E-state index in [-0.39, 0.29) is 21.2 Å². The lowest BCUT2D eigenvalue weighted by Crippen LogP contribution is -2.46. The summed E-state index contributed by atoms with van der Waals surface area (Å²) >= 11 is 0. The van der Waals surface area contributed by atoms with E-state index in [4.69, 9.17) is 0 Å². The number of rotatable bonds is 7. The molecule has 1 fully saturated rings. The molecule has 1 aliphatic heterocycles. The Bertz CT molecular complexity index is 784. The third-order valence-electron chi connectivity index (χ3n) is 4.88. The van der Waals surface area contributed by atoms with Crippen molar-refractivity contribution < 1.29 is 9.85 Å². The third kappa shape index (κ3) is 5.32. The van der Waals surface area contributed by atoms with Crippen molar-refractivity contribution >= 4 is 11.4 Å². The van der Waals surface area contributed by atoms with Crippen molar-refractivity contribution in [2.45, 2.75) is 13.0 Å². The van der Waals surface area contributed by atoms with Crippen molar-refractivity contribution in [2.75, 3.05) is 32.7 Å². The number of non-ortho nitro benzene ring substituents is 2. The van der Waals surface area contributed by atoms with Crippen LogP contribution in [0.25, 0.3) is 0 Å². The van der Waals surface area contributed by atoms with E-state index in [1.807, 2.05) is 24.3 Å². The molecule has 0 radical (unpaired) electrons. The molecule has 27 heavy (non-hydrogen) atoms. The molecule has 0 bridgehead atoms. The van der Waals surface area contributed by atoms with Crippen LogP contribution in [0.15, 0.2) is 48.5 Å². The molecule has 0 spiro atoms. The highest BCUT2D eigenvalue weighted by molar-refractivity contribution is 5.33. The smallest absolute Gasteiger partial charge is 0.269 e. The number of benzene rings is 2. The minimum Gasteiger partial charge on any atom is -0.300 e. The molecule has 0 atom stereocenters. The molecule has 0 aliphatic carbocycles. The lowest BCUT2D eigenvalue weighted by atomic mass is 10.1. The molecule has 3 rings (SSSR count). The van der Waals surface area contributed by atoms with Gasteiger partial charge in [-0.2, -0.15) is 0 Å². The van der Waals surface area contributed by atoms with Crippen molar-refractivity contribution in [3.63, 3.8) is 0 Å². The Kier molecular flexibility index (Phi) is 6.10. The Hall–Kier alpha value is -2.84. The fourth-order valence-electron chi connectivity index (χ4n) is 3.22. The Morgan fingerprint density at radius 2 is 1.15 bits per heavy atom. The molecule has 0 aromatic heterocycles. The second kappa shape index (κ2) is 8.70. The van der Waals surface area contributed by atoms with Gasteiger partial charge in [0, 0.05) is 63.5 Å². The minimum atomic E-state index is -0.381. The molecule has 0 unspecified atom stereocenters. The number of nitrogens with zero attached hydrogens (tertiary/aromatic N) is 4. The van der Waals surface area contributed by atoms with Gasteiger partial charge in [-0.25, -0.2) is 0 Å². The van der Waals surface area contributed by atoms with Crippen molar-refractivity contribution in [3.8, 4) is 0 Å². The highest BCUT2D eigenvalue weighted by Gasteiger charge is 2.17. The summed E-state index contributed by atoms with van der Waals surface area (Å²) in [5, 5.41) is 21.4. The topological polar surface area (TPSA) is 92.8 Å². The van der Waals surface area contributed by atoms with Crippen molar-refractivity contribution in [2.24, 2.45) is 0 Å². The van der Waals surface area contributed by atoms with E-state index in [1.54, 1.807) is 24.3 Å². The van der Waals surface area contributed by atoms with E-state index >= 15 is 0 Å². The summed E-state index contributed by atoms with van der Waals surface area (Å²) in [4.78, 5) is 25.4. The third-order valence-corrected chi connectivity index (χ3v) is 4.88. The fraction of sp³-hybridized carbons (Fsp3) is 0.368. The van der Waals surface area contributed by atoms with Crippen molar-refractivity contribution in [1.29, 1.82) is 0 Å². The average molecular weight is 370 g/mol. The van der Waals surface area contributed by atoms with Gasteiger partial charge in [0.2, 0.25) is 0 Å². The summed E-state index contributed by atoms with van der Waals surface area (Å²) in [6.07, 6.45) is 0.875. The summed E-state index contributed by atoms with van der Waals surface area (Å²) in [6.45, 7) is 5.59. The highest BCUT2D eigenvalue weighted by Crippen LogP contribution is 2.15. The maximum atomic E-state index is 10.7. The summed E-state index contributed by atoms with van der Waals surface area (Å²) in [5.74, 6) is 0. The predicted octanol–water partition coefficient (Wildman–Crippen LogP) is 2.86. The summed E-state index contributed by atoms with van der Waals surface area (Å²) < 4.78 is 0. The first-order valence-corrected chi connectivity index (χ1v) is 8.92. The van der Waals surface area contributed by atoms with Crippen LogP contribution >= 0.6 is 0 Å². The van der Waals surface area contributed by atoms with Crippen LogP contribution in [0.4, 0.5) is 11.4 Å². The van der Waals surface area contributed by atoms with E-state index in [2.05, 4.69) is 9.80 Å². The van der Waals surface area contributed by atoms with E-state index in [1.165, 1.54) is 0 Å². The van der Waals surface area contributed by atoms with Crippen LogP contribution in [0.5, 0.6) is 0 Å². The maximum absolute atomic E-state index is 10.7. The van der Waals surface area contributed by atoms with E-state index < -0.39 is 0 Å². The average Bonchev–Trinajstić information content (AvgIpc) is 2.68. The number of nitro groups is 2. The molecule has 1 saturated heterocycles. The zero-order valence-electron chi connectivity index (χ0n) is 15.0. The van der Waals surface area contributed by atoms with Crippen molar-refractivity contribution in [3.05, 3.63) is 79.9 Å². The lowest BCUT2D eigenvalue weighted by molar-refractivity contribution is -0.385. The fourth-order valence-corrected chi connectivity index (χ4v) is 3.22. The normalized spacial score (nSPS) is 15.6. The first-order valence-electron chi connectivity index (χ1n) is 8.92. The predicted molar refractivity (Wildman–Crippen MR) is 102 cm³/mol. The first kappa shape index (κ1) is 18.9. The van der Waals surface area contributed by atoms with Crippen LogP contribution in [0, 0.1) is 20.2 Å². The number of nitro benzene ring substituents is 2. The van der Waals surface area contributed by atoms with Gasteiger partial charge in [0.1, 0.15) is 0 Å². The molecule has 142 valence electrons. The van der Waals surface area contributed by atoms with Crippen LogP contribution < -0.4 is 0 Å². The molecule has 8 heteroatoms. The van der Waals surface area contributed by atoms with Crippen molar-refractivity contribution in [1.82, 2.24) is 9.80 Å². The summed E-state index contributed by atoms with van der Waals surface area (Å²) in [6, 6.07) is 13.5. The van der Waals surface area contributed by atoms with Crippen LogP contribution in [-0.2, 0) is 13.0 Å². The number of piperazine rings is 1. The summed E-state index contributed by atoms with van der Waals surface area (Å²) in [7, 11) is 0. The molecule has 8 nitrogen and oxygen atoms in total. The SMILES string of the molecule is O=[N+]([O-])c1ccc(CCN2CCN(Cc3ccc([N+](=O)[O-])cc3)CC2)cc1. The first-order chi connectivity index (χ1) is 13.0. The lowest BCUT2D eigenvalue weighted by Gasteiger charge is -2.34. The monoisotopic (exact) mass is 370 g/mol. The van der Waals surface area contributed by atoms with Gasteiger partial charge in [0.05, 0.1) is 9.85 Å². The van der Waals surface area contributed by atoms with E-state index in [0.29, 0.717) is 0 Å². The van der Waals surface area contributed by atoms with Gasteiger partial charge in [-0.05, 0) is 17.5 Å². The molecule has 0 N–H and O–H groups in total. The van der Waals surface area contributed by atoms with Crippen LogP contribution in [0.1, 0.15) is 11.1 Å².